The van der Waals surface area contributed by atoms with Gasteiger partial charge >= 0.3 is 0 Å². The average molecular weight is 212 g/mol. The standard InChI is InChI=1S/C13H28N2/c1-4-5-6-10-15(3)11-9-14-12(2)13-7-8-13/h12-14H,4-11H2,1-3H3. The second-order valence-electron chi connectivity index (χ2n) is 5.09. The lowest BCUT2D eigenvalue weighted by molar-refractivity contribution is 0.314. The Bertz CT molecular complexity index is 155. The monoisotopic (exact) mass is 212 g/mol. The predicted octanol–water partition coefficient (Wildman–Crippen LogP) is 2.50. The Kier molecular flexibility index (Phi) is 6.26. The summed E-state index contributed by atoms with van der Waals surface area (Å²) >= 11 is 0. The van der Waals surface area contributed by atoms with Crippen LogP contribution in [0.25, 0.3) is 0 Å². The molecule has 1 unspecified atom stereocenters. The zero-order valence-corrected chi connectivity index (χ0v) is 10.8. The van der Waals surface area contributed by atoms with Gasteiger partial charge in [0.2, 0.25) is 0 Å². The molecular weight excluding hydrogens is 184 g/mol. The smallest absolute Gasteiger partial charge is 0.0104 e. The fourth-order valence-corrected chi connectivity index (χ4v) is 1.99. The second-order valence-corrected chi connectivity index (χ2v) is 5.09. The number of likely N-dealkylation sites (N-methyl/N-ethyl adjacent to an activating group) is 1. The third kappa shape index (κ3) is 6.16. The highest BCUT2D eigenvalue weighted by Crippen LogP contribution is 2.32. The van der Waals surface area contributed by atoms with Gasteiger partial charge < -0.3 is 10.2 Å². The predicted molar refractivity (Wildman–Crippen MR) is 67.2 cm³/mol. The fraction of sp³-hybridized carbons (Fsp3) is 1.00. The molecule has 1 rings (SSSR count). The van der Waals surface area contributed by atoms with Crippen molar-refractivity contribution in [3.63, 3.8) is 0 Å². The second kappa shape index (κ2) is 7.24. The molecule has 0 aliphatic heterocycles. The van der Waals surface area contributed by atoms with Gasteiger partial charge in [-0.05, 0) is 45.7 Å². The van der Waals surface area contributed by atoms with Crippen molar-refractivity contribution in [1.29, 1.82) is 0 Å². The molecule has 1 N–H and O–H groups in total. The van der Waals surface area contributed by atoms with Gasteiger partial charge in [0.05, 0.1) is 0 Å². The van der Waals surface area contributed by atoms with Crippen molar-refractivity contribution < 1.29 is 0 Å². The lowest BCUT2D eigenvalue weighted by Gasteiger charge is -2.19. The lowest BCUT2D eigenvalue weighted by atomic mass is 10.2. The molecule has 0 aromatic rings. The van der Waals surface area contributed by atoms with Crippen molar-refractivity contribution in [1.82, 2.24) is 10.2 Å². The SMILES string of the molecule is CCCCCN(C)CCNC(C)C1CC1. The molecule has 0 radical (unpaired) electrons. The van der Waals surface area contributed by atoms with Crippen molar-refractivity contribution in [2.45, 2.75) is 52.0 Å². The Morgan fingerprint density at radius 3 is 2.60 bits per heavy atom. The van der Waals surface area contributed by atoms with E-state index in [0.29, 0.717) is 0 Å². The Hall–Kier alpha value is -0.0800. The van der Waals surface area contributed by atoms with E-state index in [0.717, 1.165) is 18.5 Å². The van der Waals surface area contributed by atoms with Crippen LogP contribution in [-0.2, 0) is 0 Å². The van der Waals surface area contributed by atoms with Crippen molar-refractivity contribution in [3.05, 3.63) is 0 Å². The van der Waals surface area contributed by atoms with Crippen LogP contribution in [0.5, 0.6) is 0 Å². The third-order valence-electron chi connectivity index (χ3n) is 3.43. The third-order valence-corrected chi connectivity index (χ3v) is 3.43. The van der Waals surface area contributed by atoms with Gasteiger partial charge in [0, 0.05) is 19.1 Å². The Morgan fingerprint density at radius 1 is 1.27 bits per heavy atom. The summed E-state index contributed by atoms with van der Waals surface area (Å²) in [5.74, 6) is 0.982. The first kappa shape index (κ1) is 13.0. The summed E-state index contributed by atoms with van der Waals surface area (Å²) in [5.41, 5.74) is 0. The van der Waals surface area contributed by atoms with Gasteiger partial charge in [-0.3, -0.25) is 0 Å². The summed E-state index contributed by atoms with van der Waals surface area (Å²) in [5, 5.41) is 3.62. The maximum atomic E-state index is 3.62. The highest BCUT2D eigenvalue weighted by molar-refractivity contribution is 4.83. The molecule has 2 nitrogen and oxygen atoms in total. The molecule has 0 amide bonds. The number of hydrogen-bond donors (Lipinski definition) is 1. The average Bonchev–Trinajstić information content (AvgIpc) is 3.01. The van der Waals surface area contributed by atoms with E-state index in [1.165, 1.54) is 45.2 Å². The molecule has 1 atom stereocenters. The first-order chi connectivity index (χ1) is 7.24. The summed E-state index contributed by atoms with van der Waals surface area (Å²) in [4.78, 5) is 2.45. The molecule has 0 bridgehead atoms. The van der Waals surface area contributed by atoms with Crippen LogP contribution in [0.1, 0.15) is 46.0 Å². The van der Waals surface area contributed by atoms with E-state index in [2.05, 4.69) is 31.1 Å². The first-order valence-electron chi connectivity index (χ1n) is 6.66. The molecule has 1 aliphatic carbocycles. The normalized spacial score (nSPS) is 18.4. The molecule has 1 fully saturated rings. The summed E-state index contributed by atoms with van der Waals surface area (Å²) in [6.45, 7) is 8.20. The molecule has 90 valence electrons. The number of rotatable bonds is 9. The zero-order chi connectivity index (χ0) is 11.1. The molecule has 0 aromatic heterocycles. The van der Waals surface area contributed by atoms with Crippen LogP contribution in [0.2, 0.25) is 0 Å². The van der Waals surface area contributed by atoms with Gasteiger partial charge in [-0.25, -0.2) is 0 Å². The Balaban J connectivity index is 1.89. The summed E-state index contributed by atoms with van der Waals surface area (Å²) in [7, 11) is 2.24. The summed E-state index contributed by atoms with van der Waals surface area (Å²) in [6, 6.07) is 0.744. The maximum absolute atomic E-state index is 3.62. The van der Waals surface area contributed by atoms with Crippen LogP contribution in [-0.4, -0.2) is 37.6 Å². The van der Waals surface area contributed by atoms with Crippen LogP contribution < -0.4 is 5.32 Å². The topological polar surface area (TPSA) is 15.3 Å². The summed E-state index contributed by atoms with van der Waals surface area (Å²) in [6.07, 6.45) is 6.94. The highest BCUT2D eigenvalue weighted by Gasteiger charge is 2.27. The van der Waals surface area contributed by atoms with Crippen molar-refractivity contribution in [2.75, 3.05) is 26.7 Å². The largest absolute Gasteiger partial charge is 0.313 e. The van der Waals surface area contributed by atoms with Gasteiger partial charge in [-0.15, -0.1) is 0 Å². The first-order valence-corrected chi connectivity index (χ1v) is 6.66. The highest BCUT2D eigenvalue weighted by atomic mass is 15.1. The van der Waals surface area contributed by atoms with Crippen LogP contribution in [0.15, 0.2) is 0 Å². The maximum Gasteiger partial charge on any atom is 0.0104 e. The molecule has 0 heterocycles. The van der Waals surface area contributed by atoms with Gasteiger partial charge in [-0.1, -0.05) is 19.8 Å². The molecule has 0 aromatic carbocycles. The quantitative estimate of drug-likeness (QED) is 0.591. The van der Waals surface area contributed by atoms with Crippen molar-refractivity contribution in [3.8, 4) is 0 Å². The zero-order valence-electron chi connectivity index (χ0n) is 10.8. The van der Waals surface area contributed by atoms with Gasteiger partial charge in [0.1, 0.15) is 0 Å². The molecule has 15 heavy (non-hydrogen) atoms. The molecule has 2 heteroatoms. The minimum atomic E-state index is 0.744. The Labute approximate surface area is 95.4 Å². The van der Waals surface area contributed by atoms with E-state index in [4.69, 9.17) is 0 Å². The Morgan fingerprint density at radius 2 is 2.00 bits per heavy atom. The van der Waals surface area contributed by atoms with Gasteiger partial charge in [-0.2, -0.15) is 0 Å². The molecule has 0 saturated heterocycles. The minimum Gasteiger partial charge on any atom is -0.313 e. The van der Waals surface area contributed by atoms with E-state index in [9.17, 15) is 0 Å². The van der Waals surface area contributed by atoms with Gasteiger partial charge in [0.15, 0.2) is 0 Å². The minimum absolute atomic E-state index is 0.744. The van der Waals surface area contributed by atoms with Crippen molar-refractivity contribution in [2.24, 2.45) is 5.92 Å². The van der Waals surface area contributed by atoms with E-state index in [1.54, 1.807) is 0 Å². The van der Waals surface area contributed by atoms with Crippen LogP contribution >= 0.6 is 0 Å². The van der Waals surface area contributed by atoms with E-state index >= 15 is 0 Å². The number of nitrogens with zero attached hydrogens (tertiary/aromatic N) is 1. The number of hydrogen-bond acceptors (Lipinski definition) is 2. The van der Waals surface area contributed by atoms with Crippen molar-refractivity contribution >= 4 is 0 Å². The van der Waals surface area contributed by atoms with E-state index in [-0.39, 0.29) is 0 Å². The lowest BCUT2D eigenvalue weighted by Crippen LogP contribution is -2.35. The molecule has 1 saturated carbocycles. The van der Waals surface area contributed by atoms with E-state index < -0.39 is 0 Å². The fourth-order valence-electron chi connectivity index (χ4n) is 1.99. The molecular formula is C13H28N2. The van der Waals surface area contributed by atoms with Crippen LogP contribution in [0, 0.1) is 5.92 Å². The number of unbranched alkanes of at least 4 members (excludes halogenated alkanes) is 2. The van der Waals surface area contributed by atoms with Crippen LogP contribution in [0.3, 0.4) is 0 Å². The van der Waals surface area contributed by atoms with Crippen LogP contribution in [0.4, 0.5) is 0 Å². The number of nitrogens with one attached hydrogen (secondary N) is 1. The van der Waals surface area contributed by atoms with E-state index in [1.807, 2.05) is 0 Å². The molecule has 0 spiro atoms. The molecule has 1 aliphatic rings. The summed E-state index contributed by atoms with van der Waals surface area (Å²) < 4.78 is 0. The van der Waals surface area contributed by atoms with Gasteiger partial charge in [0.25, 0.3) is 0 Å².